The Bertz CT molecular complexity index is 692. The summed E-state index contributed by atoms with van der Waals surface area (Å²) in [6.07, 6.45) is 4.68. The first kappa shape index (κ1) is 16.7. The largest absolute Gasteiger partial charge is 0.478 e. The molecule has 25 heavy (non-hydrogen) atoms. The monoisotopic (exact) mass is 362 g/mol. The van der Waals surface area contributed by atoms with Crippen LogP contribution in [0.15, 0.2) is 17.2 Å². The van der Waals surface area contributed by atoms with Gasteiger partial charge in [0.05, 0.1) is 18.6 Å². The number of methoxy groups -OCH3 is 1. The number of aromatic nitrogens is 1. The maximum atomic E-state index is 11.7. The first-order valence-electron chi connectivity index (χ1n) is 8.82. The molecule has 1 saturated heterocycles. The van der Waals surface area contributed by atoms with Gasteiger partial charge >= 0.3 is 11.9 Å². The van der Waals surface area contributed by atoms with Gasteiger partial charge in [-0.05, 0) is 36.8 Å². The topological polar surface area (TPSA) is 79.7 Å². The van der Waals surface area contributed by atoms with Crippen LogP contribution < -0.4 is 4.90 Å². The van der Waals surface area contributed by atoms with Crippen molar-refractivity contribution in [3.8, 4) is 0 Å². The average Bonchev–Trinajstić information content (AvgIpc) is 2.99. The Hall–Kier alpha value is -1.76. The highest BCUT2D eigenvalue weighted by molar-refractivity contribution is 7.99. The molecule has 2 aliphatic carbocycles. The Morgan fingerprint density at radius 3 is 2.52 bits per heavy atom. The normalized spacial score (nSPS) is 28.0. The molecular weight excluding hydrogens is 340 g/mol. The summed E-state index contributed by atoms with van der Waals surface area (Å²) in [5.41, 5.74) is 0.289. The van der Waals surface area contributed by atoms with Gasteiger partial charge in [-0.3, -0.25) is 4.79 Å². The van der Waals surface area contributed by atoms with E-state index in [2.05, 4.69) is 9.88 Å². The number of esters is 1. The molecule has 0 radical (unpaired) electrons. The van der Waals surface area contributed by atoms with Gasteiger partial charge in [-0.2, -0.15) is 0 Å². The smallest absolute Gasteiger partial charge is 0.338 e. The van der Waals surface area contributed by atoms with Crippen molar-refractivity contribution in [1.29, 1.82) is 0 Å². The number of aromatic carboxylic acids is 1. The second kappa shape index (κ2) is 6.52. The fourth-order valence-corrected chi connectivity index (χ4v) is 5.54. The third-order valence-electron chi connectivity index (χ3n) is 5.65. The SMILES string of the molecule is COC(=O)[C@H]1[C@@H]2CN(c3ccc(C(=O)O)c(SC4CCCC4)n3)C[C@@H]21. The van der Waals surface area contributed by atoms with Gasteiger partial charge in [0.2, 0.25) is 0 Å². The molecule has 0 bridgehead atoms. The van der Waals surface area contributed by atoms with E-state index in [9.17, 15) is 14.7 Å². The number of carbonyl (C=O) groups excluding carboxylic acids is 1. The molecule has 7 heteroatoms. The zero-order valence-electron chi connectivity index (χ0n) is 14.2. The van der Waals surface area contributed by atoms with E-state index in [0.717, 1.165) is 31.7 Å². The summed E-state index contributed by atoms with van der Waals surface area (Å²) in [5.74, 6) is 0.516. The molecule has 0 unspecified atom stereocenters. The number of thioether (sulfide) groups is 1. The van der Waals surface area contributed by atoms with E-state index in [-0.39, 0.29) is 17.5 Å². The molecule has 2 saturated carbocycles. The summed E-state index contributed by atoms with van der Waals surface area (Å²) in [6, 6.07) is 3.46. The lowest BCUT2D eigenvalue weighted by molar-refractivity contribution is -0.142. The van der Waals surface area contributed by atoms with Crippen LogP contribution in [0.2, 0.25) is 0 Å². The standard InChI is InChI=1S/C18H22N2O4S/c1-24-18(23)15-12-8-20(9-13(12)15)14-7-6-11(17(21)22)16(19-14)25-10-4-2-3-5-10/h6-7,10,12-13,15H,2-5,8-9H2,1H3,(H,21,22)/t12-,13+,15+. The van der Waals surface area contributed by atoms with E-state index in [1.54, 1.807) is 23.9 Å². The van der Waals surface area contributed by atoms with Gasteiger partial charge < -0.3 is 14.7 Å². The van der Waals surface area contributed by atoms with Gasteiger partial charge in [0, 0.05) is 18.3 Å². The van der Waals surface area contributed by atoms with E-state index in [4.69, 9.17) is 4.74 Å². The fourth-order valence-electron chi connectivity index (χ4n) is 4.22. The van der Waals surface area contributed by atoms with Crippen molar-refractivity contribution < 1.29 is 19.4 Å². The maximum Gasteiger partial charge on any atom is 0.338 e. The summed E-state index contributed by atoms with van der Waals surface area (Å²) in [4.78, 5) is 30.0. The fraction of sp³-hybridized carbons (Fsp3) is 0.611. The lowest BCUT2D eigenvalue weighted by Gasteiger charge is -2.22. The quantitative estimate of drug-likeness (QED) is 0.807. The molecule has 1 N–H and O–H groups in total. The van der Waals surface area contributed by atoms with Crippen molar-refractivity contribution >= 4 is 29.5 Å². The number of rotatable bonds is 5. The summed E-state index contributed by atoms with van der Waals surface area (Å²) < 4.78 is 4.85. The minimum Gasteiger partial charge on any atom is -0.478 e. The zero-order chi connectivity index (χ0) is 17.6. The molecule has 2 heterocycles. The maximum absolute atomic E-state index is 11.7. The number of hydrogen-bond acceptors (Lipinski definition) is 6. The number of carboxylic acids is 1. The molecule has 1 aromatic heterocycles. The predicted octanol–water partition coefficient (Wildman–Crippen LogP) is 2.67. The minimum atomic E-state index is -0.922. The van der Waals surface area contributed by atoms with Gasteiger partial charge in [-0.25, -0.2) is 9.78 Å². The van der Waals surface area contributed by atoms with E-state index in [1.165, 1.54) is 20.0 Å². The molecule has 1 aliphatic heterocycles. The van der Waals surface area contributed by atoms with Crippen molar-refractivity contribution in [2.45, 2.75) is 36.0 Å². The van der Waals surface area contributed by atoms with E-state index in [1.807, 2.05) is 0 Å². The highest BCUT2D eigenvalue weighted by Crippen LogP contribution is 2.53. The van der Waals surface area contributed by atoms with Gasteiger partial charge in [0.15, 0.2) is 0 Å². The molecule has 0 amide bonds. The summed E-state index contributed by atoms with van der Waals surface area (Å²) in [5, 5.41) is 10.5. The third-order valence-corrected chi connectivity index (χ3v) is 6.99. The minimum absolute atomic E-state index is 0.0341. The molecule has 6 nitrogen and oxygen atoms in total. The van der Waals surface area contributed by atoms with Crippen LogP contribution in [-0.2, 0) is 9.53 Å². The van der Waals surface area contributed by atoms with Crippen LogP contribution in [0.3, 0.4) is 0 Å². The number of pyridine rings is 1. The lowest BCUT2D eigenvalue weighted by atomic mass is 10.2. The Kier molecular flexibility index (Phi) is 4.35. The molecule has 134 valence electrons. The Labute approximate surface area is 150 Å². The van der Waals surface area contributed by atoms with Crippen molar-refractivity contribution in [1.82, 2.24) is 4.98 Å². The van der Waals surface area contributed by atoms with Crippen molar-refractivity contribution in [3.05, 3.63) is 17.7 Å². The number of hydrogen-bond donors (Lipinski definition) is 1. The molecule has 1 aromatic rings. The second-order valence-electron chi connectivity index (χ2n) is 7.13. The molecule has 0 aromatic carbocycles. The van der Waals surface area contributed by atoms with Crippen LogP contribution in [0.25, 0.3) is 0 Å². The number of fused-ring (bicyclic) bond motifs is 1. The Morgan fingerprint density at radius 2 is 1.92 bits per heavy atom. The van der Waals surface area contributed by atoms with Crippen molar-refractivity contribution in [3.63, 3.8) is 0 Å². The lowest BCUT2D eigenvalue weighted by Crippen LogP contribution is -2.27. The van der Waals surface area contributed by atoms with Crippen LogP contribution >= 0.6 is 11.8 Å². The van der Waals surface area contributed by atoms with Crippen LogP contribution in [0, 0.1) is 17.8 Å². The molecule has 4 rings (SSSR count). The van der Waals surface area contributed by atoms with Crippen LogP contribution in [0.1, 0.15) is 36.0 Å². The van der Waals surface area contributed by atoms with Crippen LogP contribution in [0.5, 0.6) is 0 Å². The predicted molar refractivity (Wildman–Crippen MR) is 94.0 cm³/mol. The Balaban J connectivity index is 1.49. The molecule has 0 spiro atoms. The summed E-state index contributed by atoms with van der Waals surface area (Å²) in [6.45, 7) is 1.58. The second-order valence-corrected chi connectivity index (χ2v) is 8.42. The van der Waals surface area contributed by atoms with E-state index < -0.39 is 5.97 Å². The van der Waals surface area contributed by atoms with Gasteiger partial charge in [0.25, 0.3) is 0 Å². The molecule has 3 fully saturated rings. The number of anilines is 1. The number of ether oxygens (including phenoxy) is 1. The Morgan fingerprint density at radius 1 is 1.24 bits per heavy atom. The van der Waals surface area contributed by atoms with E-state index in [0.29, 0.717) is 22.1 Å². The van der Waals surface area contributed by atoms with Gasteiger partial charge in [-0.1, -0.05) is 12.8 Å². The zero-order valence-corrected chi connectivity index (χ0v) is 15.0. The summed E-state index contributed by atoms with van der Waals surface area (Å²) in [7, 11) is 1.44. The van der Waals surface area contributed by atoms with Crippen molar-refractivity contribution in [2.24, 2.45) is 17.8 Å². The first-order valence-corrected chi connectivity index (χ1v) is 9.70. The number of nitrogens with zero attached hydrogens (tertiary/aromatic N) is 2. The number of piperidine rings is 1. The summed E-state index contributed by atoms with van der Waals surface area (Å²) >= 11 is 1.61. The first-order chi connectivity index (χ1) is 12.1. The highest BCUT2D eigenvalue weighted by atomic mass is 32.2. The number of carbonyl (C=O) groups is 2. The van der Waals surface area contributed by atoms with Gasteiger partial charge in [0.1, 0.15) is 10.8 Å². The van der Waals surface area contributed by atoms with Gasteiger partial charge in [-0.15, -0.1) is 11.8 Å². The van der Waals surface area contributed by atoms with E-state index >= 15 is 0 Å². The average molecular weight is 362 g/mol. The molecule has 3 aliphatic rings. The van der Waals surface area contributed by atoms with Crippen LogP contribution in [-0.4, -0.2) is 47.5 Å². The van der Waals surface area contributed by atoms with Crippen LogP contribution in [0.4, 0.5) is 5.82 Å². The number of carboxylic acid groups (broad SMARTS) is 1. The molecule has 3 atom stereocenters. The highest BCUT2D eigenvalue weighted by Gasteiger charge is 2.60. The molecular formula is C18H22N2O4S. The third kappa shape index (κ3) is 3.10. The van der Waals surface area contributed by atoms with Crippen molar-refractivity contribution in [2.75, 3.05) is 25.1 Å².